The Labute approximate surface area is 109 Å². The molecular formula is C14H23NO3. The molecule has 2 unspecified atom stereocenters. The number of aliphatic hydroxyl groups excluding tert-OH is 2. The van der Waals surface area contributed by atoms with Gasteiger partial charge in [-0.05, 0) is 25.5 Å². The number of aliphatic hydroxyl groups is 2. The van der Waals surface area contributed by atoms with Gasteiger partial charge in [-0.15, -0.1) is 0 Å². The zero-order valence-corrected chi connectivity index (χ0v) is 10.9. The summed E-state index contributed by atoms with van der Waals surface area (Å²) in [5, 5.41) is 21.4. The summed E-state index contributed by atoms with van der Waals surface area (Å²) in [4.78, 5) is 0. The Kier molecular flexibility index (Phi) is 7.60. The molecule has 0 spiro atoms. The molecular weight excluding hydrogens is 230 g/mol. The van der Waals surface area contributed by atoms with E-state index in [9.17, 15) is 5.11 Å². The van der Waals surface area contributed by atoms with E-state index >= 15 is 0 Å². The summed E-state index contributed by atoms with van der Waals surface area (Å²) in [6.07, 6.45) is 0.168. The molecule has 1 rings (SSSR count). The largest absolute Gasteiger partial charge is 0.396 e. The molecule has 0 aliphatic heterocycles. The first-order valence-electron chi connectivity index (χ1n) is 6.40. The van der Waals surface area contributed by atoms with Crippen LogP contribution in [-0.4, -0.2) is 42.6 Å². The molecule has 0 saturated heterocycles. The second kappa shape index (κ2) is 9.05. The number of benzene rings is 1. The van der Waals surface area contributed by atoms with Gasteiger partial charge >= 0.3 is 0 Å². The summed E-state index contributed by atoms with van der Waals surface area (Å²) < 4.78 is 5.61. The quantitative estimate of drug-likeness (QED) is 0.577. The molecule has 2 atom stereocenters. The van der Waals surface area contributed by atoms with Crippen molar-refractivity contribution in [1.29, 1.82) is 0 Å². The molecule has 0 fully saturated rings. The molecule has 0 saturated carbocycles. The standard InChI is InChI=1S/C14H23NO3/c1-12(13-6-3-2-4-7-13)18-11-14(17)10-15-8-5-9-16/h2-4,6-7,12,14-17H,5,8-11H2,1H3. The molecule has 3 N–H and O–H groups in total. The van der Waals surface area contributed by atoms with Crippen molar-refractivity contribution in [2.24, 2.45) is 0 Å². The Morgan fingerprint density at radius 3 is 2.67 bits per heavy atom. The van der Waals surface area contributed by atoms with E-state index in [1.807, 2.05) is 37.3 Å². The normalized spacial score (nSPS) is 14.4. The molecule has 0 aromatic heterocycles. The number of ether oxygens (including phenoxy) is 1. The lowest BCUT2D eigenvalue weighted by Crippen LogP contribution is -2.31. The Morgan fingerprint density at radius 1 is 1.28 bits per heavy atom. The fourth-order valence-electron chi connectivity index (χ4n) is 1.61. The van der Waals surface area contributed by atoms with Crippen LogP contribution in [0.4, 0.5) is 0 Å². The molecule has 4 heteroatoms. The van der Waals surface area contributed by atoms with E-state index < -0.39 is 6.10 Å². The molecule has 0 heterocycles. The average molecular weight is 253 g/mol. The lowest BCUT2D eigenvalue weighted by Gasteiger charge is -2.17. The molecule has 1 aromatic rings. The lowest BCUT2D eigenvalue weighted by atomic mass is 10.1. The smallest absolute Gasteiger partial charge is 0.0897 e. The Bertz CT molecular complexity index is 305. The van der Waals surface area contributed by atoms with E-state index in [2.05, 4.69) is 5.32 Å². The third-order valence-corrected chi connectivity index (χ3v) is 2.70. The van der Waals surface area contributed by atoms with E-state index in [0.29, 0.717) is 26.1 Å². The van der Waals surface area contributed by atoms with Gasteiger partial charge in [0.05, 0.1) is 18.8 Å². The summed E-state index contributed by atoms with van der Waals surface area (Å²) in [5.41, 5.74) is 1.11. The van der Waals surface area contributed by atoms with Gasteiger partial charge in [0.25, 0.3) is 0 Å². The predicted octanol–water partition coefficient (Wildman–Crippen LogP) is 1.10. The molecule has 0 bridgehead atoms. The maximum absolute atomic E-state index is 9.69. The van der Waals surface area contributed by atoms with Crippen molar-refractivity contribution in [2.45, 2.75) is 25.6 Å². The average Bonchev–Trinajstić information content (AvgIpc) is 2.42. The van der Waals surface area contributed by atoms with Crippen LogP contribution < -0.4 is 5.32 Å². The van der Waals surface area contributed by atoms with E-state index in [0.717, 1.165) is 5.56 Å². The zero-order chi connectivity index (χ0) is 13.2. The SMILES string of the molecule is CC(OCC(O)CNCCCO)c1ccccc1. The van der Waals surface area contributed by atoms with Crippen LogP contribution in [0.3, 0.4) is 0 Å². The van der Waals surface area contributed by atoms with Crippen molar-refractivity contribution in [1.82, 2.24) is 5.32 Å². The fourth-order valence-corrected chi connectivity index (χ4v) is 1.61. The van der Waals surface area contributed by atoms with Crippen LogP contribution in [0.5, 0.6) is 0 Å². The summed E-state index contributed by atoms with van der Waals surface area (Å²) in [7, 11) is 0. The fraction of sp³-hybridized carbons (Fsp3) is 0.571. The number of hydrogen-bond donors (Lipinski definition) is 3. The van der Waals surface area contributed by atoms with Gasteiger partial charge in [-0.3, -0.25) is 0 Å². The first-order valence-corrected chi connectivity index (χ1v) is 6.40. The Morgan fingerprint density at radius 2 is 2.00 bits per heavy atom. The maximum Gasteiger partial charge on any atom is 0.0897 e. The van der Waals surface area contributed by atoms with Gasteiger partial charge in [-0.1, -0.05) is 30.3 Å². The highest BCUT2D eigenvalue weighted by Gasteiger charge is 2.09. The van der Waals surface area contributed by atoms with Gasteiger partial charge in [0.1, 0.15) is 0 Å². The third-order valence-electron chi connectivity index (χ3n) is 2.70. The molecule has 0 amide bonds. The molecule has 0 aliphatic carbocycles. The highest BCUT2D eigenvalue weighted by molar-refractivity contribution is 5.16. The van der Waals surface area contributed by atoms with Crippen molar-refractivity contribution in [3.8, 4) is 0 Å². The van der Waals surface area contributed by atoms with Gasteiger partial charge in [0.15, 0.2) is 0 Å². The summed E-state index contributed by atoms with van der Waals surface area (Å²) >= 11 is 0. The number of hydrogen-bond acceptors (Lipinski definition) is 4. The van der Waals surface area contributed by atoms with Gasteiger partial charge in [-0.2, -0.15) is 0 Å². The van der Waals surface area contributed by atoms with Crippen molar-refractivity contribution in [2.75, 3.05) is 26.3 Å². The predicted molar refractivity (Wildman–Crippen MR) is 71.4 cm³/mol. The molecule has 102 valence electrons. The zero-order valence-electron chi connectivity index (χ0n) is 10.9. The Hall–Kier alpha value is -0.940. The van der Waals surface area contributed by atoms with E-state index in [-0.39, 0.29) is 12.7 Å². The molecule has 1 aromatic carbocycles. The van der Waals surface area contributed by atoms with Crippen LogP contribution in [0.25, 0.3) is 0 Å². The van der Waals surface area contributed by atoms with Crippen LogP contribution in [0.1, 0.15) is 25.0 Å². The Balaban J connectivity index is 2.16. The van der Waals surface area contributed by atoms with E-state index in [1.54, 1.807) is 0 Å². The number of rotatable bonds is 9. The van der Waals surface area contributed by atoms with Gasteiger partial charge in [0, 0.05) is 13.2 Å². The van der Waals surface area contributed by atoms with Crippen molar-refractivity contribution >= 4 is 0 Å². The molecule has 18 heavy (non-hydrogen) atoms. The van der Waals surface area contributed by atoms with Crippen LogP contribution >= 0.6 is 0 Å². The van der Waals surface area contributed by atoms with E-state index in [1.165, 1.54) is 0 Å². The highest BCUT2D eigenvalue weighted by atomic mass is 16.5. The minimum Gasteiger partial charge on any atom is -0.396 e. The first kappa shape index (κ1) is 15.1. The third kappa shape index (κ3) is 6.12. The maximum atomic E-state index is 9.69. The first-order chi connectivity index (χ1) is 8.74. The molecule has 0 radical (unpaired) electrons. The minimum atomic E-state index is -0.519. The van der Waals surface area contributed by atoms with Crippen LogP contribution in [0.2, 0.25) is 0 Å². The van der Waals surface area contributed by atoms with Crippen LogP contribution in [-0.2, 0) is 4.74 Å². The summed E-state index contributed by atoms with van der Waals surface area (Å²) in [5.74, 6) is 0. The number of nitrogens with one attached hydrogen (secondary N) is 1. The van der Waals surface area contributed by atoms with Gasteiger partial charge < -0.3 is 20.3 Å². The van der Waals surface area contributed by atoms with Crippen molar-refractivity contribution in [3.63, 3.8) is 0 Å². The second-order valence-corrected chi connectivity index (χ2v) is 4.32. The molecule has 4 nitrogen and oxygen atoms in total. The monoisotopic (exact) mass is 253 g/mol. The summed E-state index contributed by atoms with van der Waals surface area (Å²) in [6, 6.07) is 9.94. The topological polar surface area (TPSA) is 61.7 Å². The van der Waals surface area contributed by atoms with Crippen LogP contribution in [0.15, 0.2) is 30.3 Å². The van der Waals surface area contributed by atoms with Gasteiger partial charge in [0.2, 0.25) is 0 Å². The summed E-state index contributed by atoms with van der Waals surface area (Å²) in [6.45, 7) is 3.65. The highest BCUT2D eigenvalue weighted by Crippen LogP contribution is 2.15. The minimum absolute atomic E-state index is 0.0155. The molecule has 0 aliphatic rings. The van der Waals surface area contributed by atoms with Gasteiger partial charge in [-0.25, -0.2) is 0 Å². The second-order valence-electron chi connectivity index (χ2n) is 4.32. The lowest BCUT2D eigenvalue weighted by molar-refractivity contribution is -0.00203. The van der Waals surface area contributed by atoms with Crippen LogP contribution in [0, 0.1) is 0 Å². The van der Waals surface area contributed by atoms with E-state index in [4.69, 9.17) is 9.84 Å². The van der Waals surface area contributed by atoms with Crippen molar-refractivity contribution < 1.29 is 14.9 Å². The van der Waals surface area contributed by atoms with Crippen molar-refractivity contribution in [3.05, 3.63) is 35.9 Å².